The van der Waals surface area contributed by atoms with Crippen LogP contribution in [0.3, 0.4) is 0 Å². The number of unbranched alkanes of at least 4 members (excludes halogenated alkanes) is 1. The van der Waals surface area contributed by atoms with E-state index >= 15 is 0 Å². The summed E-state index contributed by atoms with van der Waals surface area (Å²) >= 11 is 5.37. The fourth-order valence-electron chi connectivity index (χ4n) is 7.24. The van der Waals surface area contributed by atoms with E-state index in [2.05, 4.69) is 36.6 Å². The number of aliphatic hydroxyl groups excluding tert-OH is 3. The Bertz CT molecular complexity index is 2500. The lowest BCUT2D eigenvalue weighted by Crippen LogP contribution is -2.59. The second kappa shape index (κ2) is 37.5. The Morgan fingerprint density at radius 2 is 1.23 bits per heavy atom. The third-order valence-electron chi connectivity index (χ3n) is 11.8. The second-order valence-corrected chi connectivity index (χ2v) is 21.0. The van der Waals surface area contributed by atoms with Crippen LogP contribution in [-0.2, 0) is 52.2 Å². The molecule has 34 heteroatoms. The summed E-state index contributed by atoms with van der Waals surface area (Å²) in [6.07, 6.45) is -5.09. The van der Waals surface area contributed by atoms with E-state index in [9.17, 15) is 65.8 Å². The van der Waals surface area contributed by atoms with Crippen LogP contribution < -0.4 is 53.0 Å². The summed E-state index contributed by atoms with van der Waals surface area (Å²) < 4.78 is 115. The van der Waals surface area contributed by atoms with Crippen LogP contribution in [-0.4, -0.2) is 192 Å². The van der Waals surface area contributed by atoms with Gasteiger partial charge in [0.2, 0.25) is 64.8 Å². The summed E-state index contributed by atoms with van der Waals surface area (Å²) in [5, 5.41) is 48.8. The molecule has 1 heterocycles. The number of ether oxygens (including phenoxy) is 7. The number of carbonyl (C=O) groups excluding carboxylic acids is 5. The second-order valence-electron chi connectivity index (χ2n) is 18.8. The third kappa shape index (κ3) is 27.0. The van der Waals surface area contributed by atoms with Crippen molar-refractivity contribution in [3.63, 3.8) is 0 Å². The molecule has 1 saturated heterocycles. The lowest BCUT2D eigenvalue weighted by molar-refractivity contribution is -0.272. The highest BCUT2D eigenvalue weighted by molar-refractivity contribution is 7.80. The molecule has 474 valence electrons. The van der Waals surface area contributed by atoms with Gasteiger partial charge in [0.05, 0.1) is 71.5 Å². The highest BCUT2D eigenvalue weighted by atomic mass is 32.1. The molecule has 3 unspecified atom stereocenters. The largest absolute Gasteiger partial charge is 0.462 e. The number of hydrogen-bond donors (Lipinski definition) is 13. The Morgan fingerprint density at radius 1 is 0.690 bits per heavy atom. The van der Waals surface area contributed by atoms with Crippen molar-refractivity contribution in [2.75, 3.05) is 84.0 Å². The topological polar surface area (TPSA) is 396 Å². The number of esters is 1. The van der Waals surface area contributed by atoms with Gasteiger partial charge in [0.1, 0.15) is 42.2 Å². The summed E-state index contributed by atoms with van der Waals surface area (Å²) in [5.74, 6) is -10.4. The van der Waals surface area contributed by atoms with Gasteiger partial charge in [0, 0.05) is 43.6 Å². The summed E-state index contributed by atoms with van der Waals surface area (Å²) in [7, 11) is -4.40. The predicted molar refractivity (Wildman–Crippen MR) is 291 cm³/mol. The molecule has 0 saturated carbocycles. The van der Waals surface area contributed by atoms with Gasteiger partial charge in [0.15, 0.2) is 5.11 Å². The van der Waals surface area contributed by atoms with Crippen LogP contribution in [0.1, 0.15) is 65.7 Å². The number of allylic oxidation sites excluding steroid dienone is 1. The molecular weight excluding hydrogens is 1170 g/mol. The first-order valence-electron chi connectivity index (χ1n) is 26.4. The van der Waals surface area contributed by atoms with Crippen LogP contribution in [0.4, 0.5) is 27.6 Å². The fraction of sp³-hybridized carbons (Fsp3) is 0.600. The summed E-state index contributed by atoms with van der Waals surface area (Å²) in [4.78, 5) is 80.7. The number of nitrogens with two attached hydrogens (primary N) is 2. The van der Waals surface area contributed by atoms with Crippen molar-refractivity contribution in [1.82, 2.24) is 31.6 Å². The molecule has 4 amide bonds. The lowest BCUT2D eigenvalue weighted by Gasteiger charge is -2.40. The number of rotatable bonds is 38. The van der Waals surface area contributed by atoms with Crippen molar-refractivity contribution in [3.8, 4) is 11.5 Å². The van der Waals surface area contributed by atoms with Gasteiger partial charge in [0.25, 0.3) is 0 Å². The number of thiocarbonyl (C=S) groups is 1. The van der Waals surface area contributed by atoms with Crippen molar-refractivity contribution in [2.45, 2.75) is 115 Å². The van der Waals surface area contributed by atoms with Crippen molar-refractivity contribution >= 4 is 60.2 Å². The first-order chi connectivity index (χ1) is 39.7. The van der Waals surface area contributed by atoms with Crippen molar-refractivity contribution in [2.24, 2.45) is 11.6 Å². The zero-order valence-corrected chi connectivity index (χ0v) is 48.0. The molecule has 27 nitrogen and oxygen atoms in total. The first-order valence-corrected chi connectivity index (χ1v) is 28.6. The minimum absolute atomic E-state index is 0.00196. The summed E-state index contributed by atoms with van der Waals surface area (Å²) in [6, 6.07) is 3.33. The number of carbonyl (C=O) groups is 5. The molecule has 1 fully saturated rings. The molecule has 84 heavy (non-hydrogen) atoms. The maximum atomic E-state index is 13.6. The Morgan fingerprint density at radius 3 is 1.81 bits per heavy atom. The number of aliphatic hydroxyl groups is 3. The molecule has 2 aromatic rings. The van der Waals surface area contributed by atoms with E-state index in [1.54, 1.807) is 30.5 Å². The van der Waals surface area contributed by atoms with Crippen molar-refractivity contribution in [3.05, 3.63) is 65.2 Å². The van der Waals surface area contributed by atoms with Gasteiger partial charge in [-0.3, -0.25) is 28.5 Å². The smallest absolute Gasteiger partial charge is 0.325 e. The predicted octanol–water partition coefficient (Wildman–Crippen LogP) is 0.0414. The van der Waals surface area contributed by atoms with E-state index in [-0.39, 0.29) is 84.5 Å². The minimum Gasteiger partial charge on any atom is -0.462 e. The van der Waals surface area contributed by atoms with Gasteiger partial charge < -0.3 is 101 Å². The van der Waals surface area contributed by atoms with E-state index in [4.69, 9.17) is 62.0 Å². The molecule has 0 spiro atoms. The standard InChI is InChI=1S/C50H75F5N9O18PS/c1-28(46(70)58-16-19-77-21-23-79-25-24-78-22-20-76-18-13-36(66)82-45-40(54)38(52)37(51)39(53)41(45)55)61-48(72)30(3)62-47(71)29(2)60-35(65)8-6-17-64(57)27-31(56)7-4-5-15-59-50(84)63-32-9-11-33(12-10-32)80-49-44(69)43(68)42(67)34(81-49)14-26-83(73,74)75/h9-12,27-30,34,42-44,49,67-69H,4-8,13-26,56-57H2,1-3H3,(H,58,70)(H,60,65)(H,61,72)(H,62,71)(H2,59,63,84)(H2,73,74,75)/b31-27-/t28?,29?,30?,34-,42-,43+,44+,49+/m1/s1. The zero-order chi connectivity index (χ0) is 62.5. The van der Waals surface area contributed by atoms with E-state index in [0.717, 1.165) is 0 Å². The highest BCUT2D eigenvalue weighted by Gasteiger charge is 2.45. The SMILES string of the molecule is CC(NC(=O)CCCN(N)/C=C(\N)CCCCNC(=S)Nc1ccc(O[C@H]2O[C@H](CCP(=O)(O)O)[C@@H](O)[C@H](O)[C@@H]2O)cc1)C(=O)NC(C)C(=O)NC(C)C(=O)NCCOCCOCCOCCOCCC(=O)Oc1c(F)c(F)c(F)c(F)c1F. The molecule has 8 atom stereocenters. The third-order valence-corrected chi connectivity index (χ3v) is 12.9. The van der Waals surface area contributed by atoms with Crippen molar-refractivity contribution in [1.29, 1.82) is 0 Å². The Balaban J connectivity index is 1.16. The number of amides is 4. The van der Waals surface area contributed by atoms with Crippen LogP contribution in [0, 0.1) is 29.1 Å². The summed E-state index contributed by atoms with van der Waals surface area (Å²) in [5.41, 5.74) is 7.25. The number of benzene rings is 2. The molecule has 0 radical (unpaired) electrons. The number of nitrogens with zero attached hydrogens (tertiary/aromatic N) is 1. The number of nitrogens with one attached hydrogen (secondary N) is 6. The average Bonchev–Trinajstić information content (AvgIpc) is 2.58. The number of hydrogen-bond acceptors (Lipinski definition) is 20. The number of hydrazine groups is 1. The Hall–Kier alpha value is -5.94. The molecule has 1 aliphatic heterocycles. The zero-order valence-electron chi connectivity index (χ0n) is 46.3. The molecule has 3 rings (SSSR count). The molecule has 0 bridgehead atoms. The number of halogens is 5. The van der Waals surface area contributed by atoms with Gasteiger partial charge in [-0.15, -0.1) is 0 Å². The van der Waals surface area contributed by atoms with Gasteiger partial charge in [-0.05, 0) is 89.4 Å². The van der Waals surface area contributed by atoms with Crippen LogP contribution in [0.25, 0.3) is 0 Å². The van der Waals surface area contributed by atoms with E-state index < -0.39 is 133 Å². The quantitative estimate of drug-likeness (QED) is 0.00403. The van der Waals surface area contributed by atoms with E-state index in [1.165, 1.54) is 25.8 Å². The molecule has 15 N–H and O–H groups in total. The molecule has 0 aromatic heterocycles. The van der Waals surface area contributed by atoms with Gasteiger partial charge in [-0.25, -0.2) is 19.0 Å². The summed E-state index contributed by atoms with van der Waals surface area (Å²) in [6.45, 7) is 5.85. The lowest BCUT2D eigenvalue weighted by atomic mass is 9.97. The van der Waals surface area contributed by atoms with Crippen LogP contribution >= 0.6 is 19.8 Å². The molecule has 2 aromatic carbocycles. The van der Waals surface area contributed by atoms with Gasteiger partial charge in [-0.1, -0.05) is 0 Å². The first kappa shape index (κ1) is 72.3. The van der Waals surface area contributed by atoms with Crippen LogP contribution in [0.15, 0.2) is 36.2 Å². The Kier molecular flexibility index (Phi) is 32.3. The molecule has 1 aliphatic rings. The van der Waals surface area contributed by atoms with Crippen LogP contribution in [0.2, 0.25) is 0 Å². The van der Waals surface area contributed by atoms with E-state index in [1.807, 2.05) is 0 Å². The van der Waals surface area contributed by atoms with E-state index in [0.29, 0.717) is 48.7 Å². The van der Waals surface area contributed by atoms with Gasteiger partial charge >= 0.3 is 13.6 Å². The maximum absolute atomic E-state index is 13.6. The fourth-order valence-corrected chi connectivity index (χ4v) is 8.05. The normalized spacial score (nSPS) is 18.2. The average molecular weight is 1250 g/mol. The number of anilines is 1. The monoisotopic (exact) mass is 1250 g/mol. The van der Waals surface area contributed by atoms with Crippen LogP contribution in [0.5, 0.6) is 11.5 Å². The molecule has 0 aliphatic carbocycles. The van der Waals surface area contributed by atoms with Crippen molar-refractivity contribution < 1.29 is 109 Å². The van der Waals surface area contributed by atoms with Gasteiger partial charge in [-0.2, -0.15) is 8.78 Å². The highest BCUT2D eigenvalue weighted by Crippen LogP contribution is 2.37. The minimum atomic E-state index is -4.40. The maximum Gasteiger partial charge on any atom is 0.325 e. The molecular formula is C50H75F5N9O18PS. The Labute approximate surface area is 486 Å².